The number of carbonyl (C=O) groups is 1. The smallest absolute Gasteiger partial charge is 0.277 e. The molecule has 0 aliphatic carbocycles. The Balaban J connectivity index is 1.49. The van der Waals surface area contributed by atoms with Gasteiger partial charge in [0.1, 0.15) is 0 Å². The quantitative estimate of drug-likeness (QED) is 0.527. The third kappa shape index (κ3) is 5.45. The number of aryl methyl sites for hydroxylation is 1. The van der Waals surface area contributed by atoms with Crippen LogP contribution in [0, 0.1) is 6.92 Å². The molecule has 0 aliphatic heterocycles. The van der Waals surface area contributed by atoms with Crippen LogP contribution < -0.4 is 0 Å². The summed E-state index contributed by atoms with van der Waals surface area (Å²) in [4.78, 5) is 14.1. The lowest BCUT2D eigenvalue weighted by atomic mass is 9.98. The molecule has 0 spiro atoms. The van der Waals surface area contributed by atoms with Gasteiger partial charge in [-0.15, -0.1) is 10.2 Å². The van der Waals surface area contributed by atoms with Crippen LogP contribution in [-0.4, -0.2) is 33.8 Å². The molecule has 3 rings (SSSR count). The van der Waals surface area contributed by atoms with E-state index in [0.29, 0.717) is 30.0 Å². The van der Waals surface area contributed by atoms with Gasteiger partial charge in [-0.05, 0) is 29.5 Å². The zero-order valence-electron chi connectivity index (χ0n) is 16.5. The van der Waals surface area contributed by atoms with Gasteiger partial charge in [-0.2, -0.15) is 0 Å². The average Bonchev–Trinajstić information content (AvgIpc) is 3.15. The van der Waals surface area contributed by atoms with Crippen molar-refractivity contribution < 1.29 is 9.21 Å². The Morgan fingerprint density at radius 1 is 1.11 bits per heavy atom. The first-order valence-corrected chi connectivity index (χ1v) is 10.3. The van der Waals surface area contributed by atoms with Crippen LogP contribution >= 0.6 is 11.8 Å². The number of nitrogens with zero attached hydrogens (tertiary/aromatic N) is 3. The molecular weight excluding hydrogens is 370 g/mol. The summed E-state index contributed by atoms with van der Waals surface area (Å²) in [6.07, 6.45) is 0.679. The van der Waals surface area contributed by atoms with E-state index in [2.05, 4.69) is 42.2 Å². The number of rotatable bonds is 8. The standard InChI is InChI=1S/C22H25N3O2S/c1-16-9-7-8-12-19(16)14-25(3)21(26)15-28-22-24-23-20(27-22)13-17(2)18-10-5-4-6-11-18/h4-12,17H,13-15H2,1-3H3. The van der Waals surface area contributed by atoms with Crippen LogP contribution in [0.25, 0.3) is 0 Å². The Labute approximate surface area is 170 Å². The van der Waals surface area contributed by atoms with Crippen LogP contribution in [0.2, 0.25) is 0 Å². The Morgan fingerprint density at radius 2 is 1.82 bits per heavy atom. The summed E-state index contributed by atoms with van der Waals surface area (Å²) in [6.45, 7) is 4.78. The molecule has 0 saturated carbocycles. The van der Waals surface area contributed by atoms with Crippen molar-refractivity contribution in [2.45, 2.75) is 38.0 Å². The van der Waals surface area contributed by atoms with Gasteiger partial charge in [-0.1, -0.05) is 73.3 Å². The highest BCUT2D eigenvalue weighted by atomic mass is 32.2. The van der Waals surface area contributed by atoms with E-state index in [-0.39, 0.29) is 11.7 Å². The van der Waals surface area contributed by atoms with Crippen LogP contribution in [0.3, 0.4) is 0 Å². The van der Waals surface area contributed by atoms with Gasteiger partial charge in [0.05, 0.1) is 5.75 Å². The molecule has 1 unspecified atom stereocenters. The number of aromatic nitrogens is 2. The Hall–Kier alpha value is -2.60. The lowest BCUT2D eigenvalue weighted by Crippen LogP contribution is -2.28. The van der Waals surface area contributed by atoms with E-state index in [1.807, 2.05) is 43.4 Å². The number of benzene rings is 2. The van der Waals surface area contributed by atoms with Crippen molar-refractivity contribution in [3.8, 4) is 0 Å². The fraction of sp³-hybridized carbons (Fsp3) is 0.318. The highest BCUT2D eigenvalue weighted by molar-refractivity contribution is 7.99. The molecule has 0 radical (unpaired) electrons. The second-order valence-electron chi connectivity index (χ2n) is 6.94. The van der Waals surface area contributed by atoms with Crippen molar-refractivity contribution in [2.24, 2.45) is 0 Å². The number of hydrogen-bond acceptors (Lipinski definition) is 5. The van der Waals surface area contributed by atoms with Gasteiger partial charge in [0, 0.05) is 20.0 Å². The maximum atomic E-state index is 12.4. The largest absolute Gasteiger partial charge is 0.416 e. The van der Waals surface area contributed by atoms with Crippen LogP contribution in [0.5, 0.6) is 0 Å². The molecule has 146 valence electrons. The molecule has 2 aromatic carbocycles. The predicted molar refractivity (Wildman–Crippen MR) is 111 cm³/mol. The lowest BCUT2D eigenvalue weighted by Gasteiger charge is -2.17. The van der Waals surface area contributed by atoms with Crippen molar-refractivity contribution in [1.82, 2.24) is 15.1 Å². The minimum absolute atomic E-state index is 0.0330. The zero-order chi connectivity index (χ0) is 19.9. The molecule has 3 aromatic rings. The van der Waals surface area contributed by atoms with E-state index >= 15 is 0 Å². The summed E-state index contributed by atoms with van der Waals surface area (Å²) < 4.78 is 5.71. The van der Waals surface area contributed by atoms with E-state index < -0.39 is 0 Å². The van der Waals surface area contributed by atoms with Crippen molar-refractivity contribution in [3.05, 3.63) is 77.2 Å². The maximum absolute atomic E-state index is 12.4. The fourth-order valence-electron chi connectivity index (χ4n) is 2.91. The Morgan fingerprint density at radius 3 is 2.57 bits per heavy atom. The molecule has 1 aromatic heterocycles. The molecule has 6 heteroatoms. The van der Waals surface area contributed by atoms with Crippen LogP contribution in [-0.2, 0) is 17.8 Å². The third-order valence-corrected chi connectivity index (χ3v) is 5.51. The lowest BCUT2D eigenvalue weighted by molar-refractivity contribution is -0.127. The number of thioether (sulfide) groups is 1. The van der Waals surface area contributed by atoms with Crippen LogP contribution in [0.4, 0.5) is 0 Å². The number of amides is 1. The maximum Gasteiger partial charge on any atom is 0.277 e. The van der Waals surface area contributed by atoms with E-state index in [4.69, 9.17) is 4.42 Å². The van der Waals surface area contributed by atoms with Gasteiger partial charge in [-0.3, -0.25) is 4.79 Å². The Bertz CT molecular complexity index is 911. The first-order valence-electron chi connectivity index (χ1n) is 9.31. The number of carbonyl (C=O) groups excluding carboxylic acids is 1. The molecule has 28 heavy (non-hydrogen) atoms. The fourth-order valence-corrected chi connectivity index (χ4v) is 3.63. The van der Waals surface area contributed by atoms with Crippen LogP contribution in [0.1, 0.15) is 35.4 Å². The zero-order valence-corrected chi connectivity index (χ0v) is 17.3. The molecule has 0 aliphatic rings. The summed E-state index contributed by atoms with van der Waals surface area (Å²) in [6, 6.07) is 18.3. The molecule has 1 atom stereocenters. The SMILES string of the molecule is Cc1ccccc1CN(C)C(=O)CSc1nnc(CC(C)c2ccccc2)o1. The van der Waals surface area contributed by atoms with Gasteiger partial charge < -0.3 is 9.32 Å². The average molecular weight is 396 g/mol. The second kappa shape index (κ2) is 9.55. The van der Waals surface area contributed by atoms with Gasteiger partial charge in [0.25, 0.3) is 5.22 Å². The van der Waals surface area contributed by atoms with E-state index in [1.54, 1.807) is 4.90 Å². The summed E-state index contributed by atoms with van der Waals surface area (Å²) in [5.74, 6) is 1.20. The molecule has 0 fully saturated rings. The van der Waals surface area contributed by atoms with Crippen molar-refractivity contribution >= 4 is 17.7 Å². The van der Waals surface area contributed by atoms with E-state index in [1.165, 1.54) is 22.9 Å². The predicted octanol–water partition coefficient (Wildman–Crippen LogP) is 4.47. The normalized spacial score (nSPS) is 12.0. The highest BCUT2D eigenvalue weighted by Crippen LogP contribution is 2.22. The second-order valence-corrected chi connectivity index (χ2v) is 7.87. The molecule has 0 N–H and O–H groups in total. The van der Waals surface area contributed by atoms with Crippen molar-refractivity contribution in [3.63, 3.8) is 0 Å². The summed E-state index contributed by atoms with van der Waals surface area (Å²) in [5, 5.41) is 8.63. The van der Waals surface area contributed by atoms with Crippen molar-refractivity contribution in [1.29, 1.82) is 0 Å². The minimum atomic E-state index is 0.0330. The first-order chi connectivity index (χ1) is 13.5. The molecule has 1 heterocycles. The van der Waals surface area contributed by atoms with Gasteiger partial charge in [-0.25, -0.2) is 0 Å². The summed E-state index contributed by atoms with van der Waals surface area (Å²) >= 11 is 1.28. The third-order valence-electron chi connectivity index (χ3n) is 4.71. The summed E-state index contributed by atoms with van der Waals surface area (Å²) in [7, 11) is 1.82. The minimum Gasteiger partial charge on any atom is -0.416 e. The Kier molecular flexibility index (Phi) is 6.87. The van der Waals surface area contributed by atoms with E-state index in [9.17, 15) is 4.79 Å². The number of hydrogen-bond donors (Lipinski definition) is 0. The summed E-state index contributed by atoms with van der Waals surface area (Å²) in [5.41, 5.74) is 3.57. The van der Waals surface area contributed by atoms with Crippen molar-refractivity contribution in [2.75, 3.05) is 12.8 Å². The van der Waals surface area contributed by atoms with Gasteiger partial charge in [0.2, 0.25) is 11.8 Å². The molecule has 1 amide bonds. The highest BCUT2D eigenvalue weighted by Gasteiger charge is 2.15. The van der Waals surface area contributed by atoms with Gasteiger partial charge in [0.15, 0.2) is 0 Å². The molecular formula is C22H25N3O2S. The first kappa shape index (κ1) is 20.1. The van der Waals surface area contributed by atoms with Crippen LogP contribution in [0.15, 0.2) is 64.2 Å². The monoisotopic (exact) mass is 395 g/mol. The molecule has 0 bridgehead atoms. The molecule has 5 nitrogen and oxygen atoms in total. The van der Waals surface area contributed by atoms with Gasteiger partial charge >= 0.3 is 0 Å². The molecule has 0 saturated heterocycles. The topological polar surface area (TPSA) is 59.2 Å². The van der Waals surface area contributed by atoms with E-state index in [0.717, 1.165) is 5.56 Å².